The number of aliphatic carboxylic acids is 1. The van der Waals surface area contributed by atoms with E-state index in [0.717, 1.165) is 32.1 Å². The third-order valence-corrected chi connectivity index (χ3v) is 4.00. The van der Waals surface area contributed by atoms with Crippen molar-refractivity contribution in [2.24, 2.45) is 11.5 Å². The lowest BCUT2D eigenvalue weighted by molar-refractivity contribution is -0.143. The van der Waals surface area contributed by atoms with Crippen LogP contribution in [0, 0.1) is 0 Å². The monoisotopic (exact) mass is 312 g/mol. The van der Waals surface area contributed by atoms with Crippen LogP contribution in [0.4, 0.5) is 0 Å². The van der Waals surface area contributed by atoms with Crippen molar-refractivity contribution in [2.45, 2.75) is 96.1 Å². The molecule has 4 heteroatoms. The van der Waals surface area contributed by atoms with E-state index >= 15 is 0 Å². The van der Waals surface area contributed by atoms with E-state index in [2.05, 4.69) is 19.1 Å². The summed E-state index contributed by atoms with van der Waals surface area (Å²) in [5.41, 5.74) is 9.39. The molecular formula is C18H36N2O2. The van der Waals surface area contributed by atoms with Gasteiger partial charge >= 0.3 is 5.97 Å². The van der Waals surface area contributed by atoms with Crippen LogP contribution >= 0.6 is 0 Å². The topological polar surface area (TPSA) is 89.3 Å². The van der Waals surface area contributed by atoms with Crippen LogP contribution in [-0.4, -0.2) is 16.7 Å². The van der Waals surface area contributed by atoms with Crippen LogP contribution < -0.4 is 11.5 Å². The summed E-state index contributed by atoms with van der Waals surface area (Å²) in [5.74, 6) is -1.12. The highest BCUT2D eigenvalue weighted by Crippen LogP contribution is 2.11. The van der Waals surface area contributed by atoms with Crippen LogP contribution in [0.15, 0.2) is 12.2 Å². The van der Waals surface area contributed by atoms with E-state index in [4.69, 9.17) is 16.6 Å². The first-order valence-electron chi connectivity index (χ1n) is 8.97. The van der Waals surface area contributed by atoms with E-state index in [1.54, 1.807) is 0 Å². The predicted molar refractivity (Wildman–Crippen MR) is 93.6 cm³/mol. The quantitative estimate of drug-likeness (QED) is 0.238. The zero-order valence-electron chi connectivity index (χ0n) is 14.4. The van der Waals surface area contributed by atoms with Gasteiger partial charge in [0.25, 0.3) is 0 Å². The molecule has 0 radical (unpaired) electrons. The van der Waals surface area contributed by atoms with Crippen molar-refractivity contribution in [2.75, 3.05) is 0 Å². The van der Waals surface area contributed by atoms with Crippen LogP contribution in [0.2, 0.25) is 0 Å². The second-order valence-corrected chi connectivity index (χ2v) is 6.33. The third-order valence-electron chi connectivity index (χ3n) is 4.00. The summed E-state index contributed by atoms with van der Waals surface area (Å²) in [6.07, 6.45) is 19.4. The molecule has 0 bridgehead atoms. The molecule has 0 saturated carbocycles. The van der Waals surface area contributed by atoms with Crippen LogP contribution in [0.3, 0.4) is 0 Å². The predicted octanol–water partition coefficient (Wildman–Crippen LogP) is 4.33. The molecular weight excluding hydrogens is 276 g/mol. The molecule has 130 valence electrons. The fourth-order valence-electron chi connectivity index (χ4n) is 2.42. The van der Waals surface area contributed by atoms with Crippen molar-refractivity contribution in [1.82, 2.24) is 0 Å². The van der Waals surface area contributed by atoms with Crippen molar-refractivity contribution < 1.29 is 9.90 Å². The summed E-state index contributed by atoms with van der Waals surface area (Å²) < 4.78 is 0. The van der Waals surface area contributed by atoms with E-state index in [9.17, 15) is 4.79 Å². The summed E-state index contributed by atoms with van der Waals surface area (Å²) in [6, 6.07) is 0. The minimum absolute atomic E-state index is 0.343. The van der Waals surface area contributed by atoms with Crippen molar-refractivity contribution >= 4 is 5.97 Å². The van der Waals surface area contributed by atoms with Crippen molar-refractivity contribution in [1.29, 1.82) is 0 Å². The number of nitrogens with two attached hydrogens (primary N) is 2. The van der Waals surface area contributed by atoms with Gasteiger partial charge in [-0.05, 0) is 38.5 Å². The fraction of sp³-hybridized carbons (Fsp3) is 0.833. The number of allylic oxidation sites excluding steroid dienone is 2. The smallest absolute Gasteiger partial charge is 0.338 e. The van der Waals surface area contributed by atoms with Gasteiger partial charge in [-0.2, -0.15) is 0 Å². The first-order valence-corrected chi connectivity index (χ1v) is 8.97. The molecule has 0 aromatic carbocycles. The highest BCUT2D eigenvalue weighted by Gasteiger charge is 2.27. The van der Waals surface area contributed by atoms with Gasteiger partial charge < -0.3 is 16.6 Å². The molecule has 0 fully saturated rings. The molecule has 0 rings (SSSR count). The van der Waals surface area contributed by atoms with Crippen molar-refractivity contribution in [3.63, 3.8) is 0 Å². The molecule has 0 spiro atoms. The molecule has 0 aliphatic rings. The van der Waals surface area contributed by atoms with Gasteiger partial charge in [0, 0.05) is 0 Å². The van der Waals surface area contributed by atoms with E-state index in [1.807, 2.05) is 0 Å². The van der Waals surface area contributed by atoms with E-state index in [-0.39, 0.29) is 0 Å². The number of rotatable bonds is 15. The zero-order valence-corrected chi connectivity index (χ0v) is 14.4. The standard InChI is InChI=1S/C18H36N2O2/c1-2-3-4-5-6-7-8-9-10-11-12-13-14-15-16-18(19,20)17(21)22/h9-10H,2-8,11-16,19-20H2,1H3,(H,21,22)/b10-9-. The largest absolute Gasteiger partial charge is 0.479 e. The molecule has 0 aliphatic heterocycles. The van der Waals surface area contributed by atoms with Crippen LogP contribution in [-0.2, 0) is 4.79 Å². The number of unbranched alkanes of at least 4 members (excludes halogenated alkanes) is 10. The van der Waals surface area contributed by atoms with Crippen molar-refractivity contribution in [3.8, 4) is 0 Å². The number of carbonyl (C=O) groups is 1. The lowest BCUT2D eigenvalue weighted by Crippen LogP contribution is -2.56. The normalized spacial score (nSPS) is 12.1. The molecule has 0 heterocycles. The summed E-state index contributed by atoms with van der Waals surface area (Å²) in [6.45, 7) is 2.25. The Morgan fingerprint density at radius 3 is 1.82 bits per heavy atom. The van der Waals surface area contributed by atoms with Gasteiger partial charge in [-0.1, -0.05) is 64.0 Å². The Morgan fingerprint density at radius 2 is 1.32 bits per heavy atom. The van der Waals surface area contributed by atoms with Crippen molar-refractivity contribution in [3.05, 3.63) is 12.2 Å². The second kappa shape index (κ2) is 13.8. The Labute approximate surface area is 136 Å². The minimum atomic E-state index is -1.56. The highest BCUT2D eigenvalue weighted by molar-refractivity contribution is 5.77. The maximum absolute atomic E-state index is 10.7. The first-order chi connectivity index (χ1) is 10.5. The maximum Gasteiger partial charge on any atom is 0.338 e. The Hall–Kier alpha value is -0.870. The molecule has 4 nitrogen and oxygen atoms in total. The Balaban J connectivity index is 3.29. The first kappa shape index (κ1) is 21.1. The lowest BCUT2D eigenvalue weighted by atomic mass is 10.0. The number of carboxylic acids is 1. The fourth-order valence-corrected chi connectivity index (χ4v) is 2.42. The Bertz CT molecular complexity index is 301. The van der Waals surface area contributed by atoms with Gasteiger partial charge in [-0.3, -0.25) is 0 Å². The molecule has 0 amide bonds. The van der Waals surface area contributed by atoms with Crippen LogP contribution in [0.25, 0.3) is 0 Å². The van der Waals surface area contributed by atoms with Gasteiger partial charge in [0.1, 0.15) is 0 Å². The second-order valence-electron chi connectivity index (χ2n) is 6.33. The highest BCUT2D eigenvalue weighted by atomic mass is 16.4. The maximum atomic E-state index is 10.7. The number of carboxylic acid groups (broad SMARTS) is 1. The van der Waals surface area contributed by atoms with Gasteiger partial charge in [-0.15, -0.1) is 0 Å². The SMILES string of the molecule is CCCCCCCC/C=C\CCCCCCC(N)(N)C(=O)O. The average Bonchev–Trinajstić information content (AvgIpc) is 2.47. The number of hydrogen-bond donors (Lipinski definition) is 3. The lowest BCUT2D eigenvalue weighted by Gasteiger charge is -2.18. The molecule has 0 saturated heterocycles. The Morgan fingerprint density at radius 1 is 0.864 bits per heavy atom. The summed E-state index contributed by atoms with van der Waals surface area (Å²) >= 11 is 0. The summed E-state index contributed by atoms with van der Waals surface area (Å²) in [4.78, 5) is 10.7. The molecule has 5 N–H and O–H groups in total. The van der Waals surface area contributed by atoms with Crippen LogP contribution in [0.1, 0.15) is 90.4 Å². The van der Waals surface area contributed by atoms with E-state index < -0.39 is 11.6 Å². The average molecular weight is 312 g/mol. The van der Waals surface area contributed by atoms with Gasteiger partial charge in [0.05, 0.1) is 0 Å². The van der Waals surface area contributed by atoms with E-state index in [0.29, 0.717) is 6.42 Å². The molecule has 0 aromatic rings. The van der Waals surface area contributed by atoms with Gasteiger partial charge in [-0.25, -0.2) is 4.79 Å². The third kappa shape index (κ3) is 12.8. The zero-order chi connectivity index (χ0) is 16.7. The molecule has 0 aliphatic carbocycles. The summed E-state index contributed by atoms with van der Waals surface area (Å²) in [7, 11) is 0. The van der Waals surface area contributed by atoms with Gasteiger partial charge in [0.15, 0.2) is 5.66 Å². The molecule has 22 heavy (non-hydrogen) atoms. The molecule has 0 atom stereocenters. The Kier molecular flexibility index (Phi) is 13.2. The molecule has 0 aromatic heterocycles. The van der Waals surface area contributed by atoms with Crippen LogP contribution in [0.5, 0.6) is 0 Å². The number of hydrogen-bond acceptors (Lipinski definition) is 3. The van der Waals surface area contributed by atoms with E-state index in [1.165, 1.54) is 44.9 Å². The minimum Gasteiger partial charge on any atom is -0.479 e. The van der Waals surface area contributed by atoms with Gasteiger partial charge in [0.2, 0.25) is 0 Å². The summed E-state index contributed by atoms with van der Waals surface area (Å²) in [5, 5.41) is 8.79. The molecule has 0 unspecified atom stereocenters.